The summed E-state index contributed by atoms with van der Waals surface area (Å²) in [5, 5.41) is 10.4. The van der Waals surface area contributed by atoms with Gasteiger partial charge in [0.2, 0.25) is 5.88 Å². The molecule has 0 unspecified atom stereocenters. The van der Waals surface area contributed by atoms with E-state index in [4.69, 9.17) is 0 Å². The maximum atomic E-state index is 14.3. The molecule has 0 atom stereocenters. The Bertz CT molecular complexity index is 1490. The highest BCUT2D eigenvalue weighted by atomic mass is 32.2. The van der Waals surface area contributed by atoms with Crippen LogP contribution >= 0.6 is 0 Å². The van der Waals surface area contributed by atoms with Gasteiger partial charge in [0.15, 0.2) is 0 Å². The Morgan fingerprint density at radius 1 is 1.03 bits per heavy atom. The fourth-order valence-electron chi connectivity index (χ4n) is 3.29. The third kappa shape index (κ3) is 3.51. The molecule has 0 aliphatic carbocycles. The third-order valence-electron chi connectivity index (χ3n) is 4.79. The van der Waals surface area contributed by atoms with Gasteiger partial charge in [-0.3, -0.25) is 9.55 Å². The lowest BCUT2D eigenvalue weighted by atomic mass is 10.1. The van der Waals surface area contributed by atoms with Crippen molar-refractivity contribution < 1.29 is 31.1 Å². The number of hydrogen-bond donors (Lipinski definition) is 1. The van der Waals surface area contributed by atoms with Crippen LogP contribution in [-0.2, 0) is 16.4 Å². The number of sulfone groups is 1. The Hall–Kier alpha value is -3.67. The number of pyridine rings is 1. The summed E-state index contributed by atoms with van der Waals surface area (Å²) >= 11 is 0. The molecule has 0 fully saturated rings. The van der Waals surface area contributed by atoms with Gasteiger partial charge < -0.3 is 5.11 Å². The number of aromatic hydroxyl groups is 1. The largest absolute Gasteiger partial charge is 0.501 e. The molecule has 4 aromatic rings. The molecule has 2 aromatic carbocycles. The third-order valence-corrected chi connectivity index (χ3v) is 6.29. The zero-order valence-corrected chi connectivity index (χ0v) is 16.7. The SMILES string of the molecule is O=c1n(Cc2ccnc3cccc(F)c23)cc(O)n1-c1ccc(S(=O)(=O)C(F)(F)F)cc1. The Morgan fingerprint density at radius 3 is 2.38 bits per heavy atom. The highest BCUT2D eigenvalue weighted by Gasteiger charge is 2.46. The molecule has 1 N–H and O–H groups in total. The quantitative estimate of drug-likeness (QED) is 0.465. The molecule has 0 radical (unpaired) electrons. The summed E-state index contributed by atoms with van der Waals surface area (Å²) in [5.74, 6) is -1.08. The standard InChI is InChI=1S/C20H13F4N3O4S/c21-15-2-1-3-16-18(15)12(8-9-25-16)10-26-11-17(28)27(19(26)29)13-4-6-14(7-5-13)32(30,31)20(22,23)24/h1-9,11,28H,10H2. The second kappa shape index (κ2) is 7.48. The van der Waals surface area contributed by atoms with E-state index in [2.05, 4.69) is 4.98 Å². The zero-order chi connectivity index (χ0) is 23.3. The molecule has 166 valence electrons. The summed E-state index contributed by atoms with van der Waals surface area (Å²) < 4.78 is 77.3. The summed E-state index contributed by atoms with van der Waals surface area (Å²) in [6.45, 7) is -0.125. The van der Waals surface area contributed by atoms with E-state index < -0.39 is 37.6 Å². The molecule has 0 aliphatic heterocycles. The van der Waals surface area contributed by atoms with Crippen molar-refractivity contribution in [2.75, 3.05) is 0 Å². The summed E-state index contributed by atoms with van der Waals surface area (Å²) in [7, 11) is -5.55. The van der Waals surface area contributed by atoms with Crippen LogP contribution in [0, 0.1) is 5.82 Å². The fourth-order valence-corrected chi connectivity index (χ4v) is 4.05. The van der Waals surface area contributed by atoms with Gasteiger partial charge in [-0.25, -0.2) is 22.2 Å². The number of aromatic nitrogens is 3. The lowest BCUT2D eigenvalue weighted by molar-refractivity contribution is -0.0436. The number of benzene rings is 2. The topological polar surface area (TPSA) is 94.2 Å². The van der Waals surface area contributed by atoms with Crippen LogP contribution in [0.5, 0.6) is 5.88 Å². The van der Waals surface area contributed by atoms with Crippen molar-refractivity contribution in [3.05, 3.63) is 82.8 Å². The first-order valence-corrected chi connectivity index (χ1v) is 10.4. The van der Waals surface area contributed by atoms with Gasteiger partial charge in [0.25, 0.3) is 9.84 Å². The first-order valence-electron chi connectivity index (χ1n) is 8.96. The van der Waals surface area contributed by atoms with E-state index in [0.29, 0.717) is 23.2 Å². The molecule has 0 bridgehead atoms. The van der Waals surface area contributed by atoms with E-state index in [1.807, 2.05) is 0 Å². The number of fused-ring (bicyclic) bond motifs is 1. The van der Waals surface area contributed by atoms with E-state index in [-0.39, 0.29) is 17.6 Å². The smallest absolute Gasteiger partial charge is 0.493 e. The van der Waals surface area contributed by atoms with Crippen LogP contribution in [0.1, 0.15) is 5.56 Å². The van der Waals surface area contributed by atoms with Crippen molar-refractivity contribution in [1.82, 2.24) is 14.1 Å². The zero-order valence-electron chi connectivity index (χ0n) is 15.9. The van der Waals surface area contributed by atoms with Crippen molar-refractivity contribution in [1.29, 1.82) is 0 Å². The average molecular weight is 467 g/mol. The van der Waals surface area contributed by atoms with Crippen LogP contribution in [0.15, 0.2) is 70.6 Å². The minimum absolute atomic E-state index is 0.0573. The Morgan fingerprint density at radius 2 is 1.72 bits per heavy atom. The molecule has 0 spiro atoms. The molecule has 7 nitrogen and oxygen atoms in total. The van der Waals surface area contributed by atoms with Crippen LogP contribution in [0.3, 0.4) is 0 Å². The van der Waals surface area contributed by atoms with Crippen molar-refractivity contribution >= 4 is 20.7 Å². The number of halogens is 4. The normalized spacial score (nSPS) is 12.4. The molecule has 0 aliphatic rings. The average Bonchev–Trinajstić information content (AvgIpc) is 3.00. The van der Waals surface area contributed by atoms with Crippen molar-refractivity contribution in [2.24, 2.45) is 0 Å². The molecule has 0 saturated heterocycles. The monoisotopic (exact) mass is 467 g/mol. The molecule has 4 rings (SSSR count). The van der Waals surface area contributed by atoms with E-state index in [9.17, 15) is 35.9 Å². The molecule has 32 heavy (non-hydrogen) atoms. The van der Waals surface area contributed by atoms with Crippen LogP contribution < -0.4 is 5.69 Å². The van der Waals surface area contributed by atoms with Crippen molar-refractivity contribution in [3.63, 3.8) is 0 Å². The van der Waals surface area contributed by atoms with E-state index in [1.54, 1.807) is 6.07 Å². The van der Waals surface area contributed by atoms with Gasteiger partial charge in [-0.15, -0.1) is 0 Å². The number of hydrogen-bond acceptors (Lipinski definition) is 5. The predicted octanol–water partition coefficient (Wildman–Crippen LogP) is 3.37. The minimum atomic E-state index is -5.55. The summed E-state index contributed by atoms with van der Waals surface area (Å²) in [5.41, 5.74) is -5.51. The highest BCUT2D eigenvalue weighted by Crippen LogP contribution is 2.31. The van der Waals surface area contributed by atoms with Gasteiger partial charge in [-0.2, -0.15) is 13.2 Å². The highest BCUT2D eigenvalue weighted by molar-refractivity contribution is 7.92. The van der Waals surface area contributed by atoms with Crippen LogP contribution in [-0.4, -0.2) is 33.2 Å². The van der Waals surface area contributed by atoms with Gasteiger partial charge in [-0.05, 0) is 48.0 Å². The van der Waals surface area contributed by atoms with Gasteiger partial charge in [0, 0.05) is 11.6 Å². The van der Waals surface area contributed by atoms with Crippen molar-refractivity contribution in [3.8, 4) is 11.6 Å². The first-order chi connectivity index (χ1) is 15.0. The maximum absolute atomic E-state index is 14.3. The van der Waals surface area contributed by atoms with Gasteiger partial charge in [0.05, 0.1) is 28.8 Å². The predicted molar refractivity (Wildman–Crippen MR) is 106 cm³/mol. The fraction of sp³-hybridized carbons (Fsp3) is 0.100. The lowest BCUT2D eigenvalue weighted by Crippen LogP contribution is -2.24. The Labute approximate surface area is 177 Å². The summed E-state index contributed by atoms with van der Waals surface area (Å²) in [4.78, 5) is 15.9. The molecule has 2 aromatic heterocycles. The lowest BCUT2D eigenvalue weighted by Gasteiger charge is -2.09. The van der Waals surface area contributed by atoms with Gasteiger partial charge in [0.1, 0.15) is 5.82 Å². The van der Waals surface area contributed by atoms with Crippen LogP contribution in [0.25, 0.3) is 16.6 Å². The maximum Gasteiger partial charge on any atom is 0.501 e. The Kier molecular flexibility index (Phi) is 5.04. The number of nitrogens with zero attached hydrogens (tertiary/aromatic N) is 3. The van der Waals surface area contributed by atoms with E-state index in [1.165, 1.54) is 24.4 Å². The van der Waals surface area contributed by atoms with Crippen molar-refractivity contribution in [2.45, 2.75) is 16.9 Å². The molecule has 0 amide bonds. The minimum Gasteiger partial charge on any atom is -0.493 e. The molecule has 0 saturated carbocycles. The van der Waals surface area contributed by atoms with Crippen LogP contribution in [0.4, 0.5) is 17.6 Å². The first kappa shape index (κ1) is 21.6. The molecular formula is C20H13F4N3O4S. The van der Waals surface area contributed by atoms with Crippen LogP contribution in [0.2, 0.25) is 0 Å². The second-order valence-corrected chi connectivity index (χ2v) is 8.72. The summed E-state index contributed by atoms with van der Waals surface area (Å²) in [6.07, 6.45) is 2.52. The second-order valence-electron chi connectivity index (χ2n) is 6.78. The Balaban J connectivity index is 1.73. The summed E-state index contributed by atoms with van der Waals surface area (Å²) in [6, 6.07) is 9.16. The van der Waals surface area contributed by atoms with Gasteiger partial charge >= 0.3 is 11.2 Å². The van der Waals surface area contributed by atoms with E-state index >= 15 is 0 Å². The van der Waals surface area contributed by atoms with E-state index in [0.717, 1.165) is 27.5 Å². The van der Waals surface area contributed by atoms with Gasteiger partial charge in [-0.1, -0.05) is 6.07 Å². The molecular weight excluding hydrogens is 454 g/mol. The number of alkyl halides is 3. The molecule has 12 heteroatoms. The molecule has 2 heterocycles. The number of imidazole rings is 1. The number of rotatable bonds is 4.